The molecule has 19 heavy (non-hydrogen) atoms. The van der Waals surface area contributed by atoms with E-state index in [-0.39, 0.29) is 5.88 Å². The van der Waals surface area contributed by atoms with Crippen LogP contribution in [0.4, 0.5) is 0 Å². The highest BCUT2D eigenvalue weighted by Crippen LogP contribution is 2.29. The van der Waals surface area contributed by atoms with Crippen molar-refractivity contribution in [2.75, 3.05) is 0 Å². The highest BCUT2D eigenvalue weighted by atomic mass is 35.5. The molecule has 0 atom stereocenters. The van der Waals surface area contributed by atoms with E-state index in [0.29, 0.717) is 18.4 Å². The maximum absolute atomic E-state index is 5.81. The number of benzene rings is 1. The van der Waals surface area contributed by atoms with E-state index in [1.807, 2.05) is 12.1 Å². The van der Waals surface area contributed by atoms with Crippen molar-refractivity contribution in [3.05, 3.63) is 41.1 Å². The predicted octanol–water partition coefficient (Wildman–Crippen LogP) is 3.27. The van der Waals surface area contributed by atoms with Crippen LogP contribution in [-0.2, 0) is 25.3 Å². The first-order valence-corrected chi connectivity index (χ1v) is 7.01. The van der Waals surface area contributed by atoms with Crippen LogP contribution in [0.3, 0.4) is 0 Å². The number of hydrogen-bond donors (Lipinski definition) is 0. The standard InChI is InChI=1S/C14H15ClN2O2/c15-8-13-16-17-14(19-13)9-18-12-7-3-5-10-4-1-2-6-11(10)12/h3,5,7H,1-2,4,6,8-9H2. The fraction of sp³-hybridized carbons (Fsp3) is 0.429. The van der Waals surface area contributed by atoms with Gasteiger partial charge in [-0.15, -0.1) is 21.8 Å². The van der Waals surface area contributed by atoms with Gasteiger partial charge in [0.2, 0.25) is 5.89 Å². The van der Waals surface area contributed by atoms with Gasteiger partial charge in [-0.25, -0.2) is 0 Å². The zero-order valence-corrected chi connectivity index (χ0v) is 11.3. The second kappa shape index (κ2) is 5.61. The molecular weight excluding hydrogens is 264 g/mol. The summed E-state index contributed by atoms with van der Waals surface area (Å²) in [6, 6.07) is 6.22. The molecule has 0 bridgehead atoms. The number of alkyl halides is 1. The molecule has 0 radical (unpaired) electrons. The van der Waals surface area contributed by atoms with Crippen LogP contribution in [0.2, 0.25) is 0 Å². The summed E-state index contributed by atoms with van der Waals surface area (Å²) in [5.74, 6) is 2.05. The van der Waals surface area contributed by atoms with Gasteiger partial charge >= 0.3 is 0 Å². The van der Waals surface area contributed by atoms with Gasteiger partial charge < -0.3 is 9.15 Å². The van der Waals surface area contributed by atoms with Gasteiger partial charge in [-0.1, -0.05) is 12.1 Å². The SMILES string of the molecule is ClCc1nnc(COc2cccc3c2CCCC3)o1. The van der Waals surface area contributed by atoms with Crippen molar-refractivity contribution in [1.82, 2.24) is 10.2 Å². The van der Waals surface area contributed by atoms with Gasteiger partial charge in [0.1, 0.15) is 11.6 Å². The minimum Gasteiger partial charge on any atom is -0.484 e. The maximum atomic E-state index is 5.81. The van der Waals surface area contributed by atoms with Crippen LogP contribution in [0.15, 0.2) is 22.6 Å². The fourth-order valence-electron chi connectivity index (χ4n) is 2.42. The Hall–Kier alpha value is -1.55. The largest absolute Gasteiger partial charge is 0.484 e. The Morgan fingerprint density at radius 1 is 1.16 bits per heavy atom. The molecule has 0 N–H and O–H groups in total. The normalized spacial score (nSPS) is 14.2. The summed E-state index contributed by atoms with van der Waals surface area (Å²) in [5.41, 5.74) is 2.72. The molecule has 3 rings (SSSR count). The van der Waals surface area contributed by atoms with E-state index in [4.69, 9.17) is 20.8 Å². The lowest BCUT2D eigenvalue weighted by atomic mass is 9.91. The molecule has 1 aliphatic carbocycles. The molecule has 1 aromatic heterocycles. The van der Waals surface area contributed by atoms with Gasteiger partial charge in [0.05, 0.1) is 0 Å². The second-order valence-electron chi connectivity index (χ2n) is 4.61. The van der Waals surface area contributed by atoms with Crippen molar-refractivity contribution in [1.29, 1.82) is 0 Å². The van der Waals surface area contributed by atoms with Gasteiger partial charge in [-0.2, -0.15) is 0 Å². The molecule has 0 aliphatic heterocycles. The summed E-state index contributed by atoms with van der Waals surface area (Å²) in [7, 11) is 0. The molecule has 0 unspecified atom stereocenters. The van der Waals surface area contributed by atoms with Crippen molar-refractivity contribution in [3.8, 4) is 5.75 Å². The number of aromatic nitrogens is 2. The Balaban J connectivity index is 1.73. The van der Waals surface area contributed by atoms with Crippen LogP contribution >= 0.6 is 11.6 Å². The van der Waals surface area contributed by atoms with Crippen molar-refractivity contribution in [2.24, 2.45) is 0 Å². The lowest BCUT2D eigenvalue weighted by molar-refractivity contribution is 0.257. The van der Waals surface area contributed by atoms with Gasteiger partial charge in [0, 0.05) is 0 Å². The van der Waals surface area contributed by atoms with Crippen LogP contribution in [-0.4, -0.2) is 10.2 Å². The van der Waals surface area contributed by atoms with E-state index >= 15 is 0 Å². The summed E-state index contributed by atoms with van der Waals surface area (Å²) in [4.78, 5) is 0. The average Bonchev–Trinajstić information content (AvgIpc) is 2.93. The summed E-state index contributed by atoms with van der Waals surface area (Å²) < 4.78 is 11.1. The van der Waals surface area contributed by atoms with Crippen LogP contribution < -0.4 is 4.74 Å². The number of halogens is 1. The van der Waals surface area contributed by atoms with Crippen LogP contribution in [0, 0.1) is 0 Å². The fourth-order valence-corrected chi connectivity index (χ4v) is 2.53. The van der Waals surface area contributed by atoms with Gasteiger partial charge in [0.15, 0.2) is 6.61 Å². The maximum Gasteiger partial charge on any atom is 0.253 e. The zero-order valence-electron chi connectivity index (χ0n) is 10.6. The van der Waals surface area contributed by atoms with Crippen LogP contribution in [0.1, 0.15) is 35.7 Å². The third-order valence-corrected chi connectivity index (χ3v) is 3.56. The van der Waals surface area contributed by atoms with E-state index < -0.39 is 0 Å². The smallest absolute Gasteiger partial charge is 0.253 e. The molecule has 0 saturated heterocycles. The Labute approximate surface area is 116 Å². The molecule has 4 nitrogen and oxygen atoms in total. The highest BCUT2D eigenvalue weighted by Gasteiger charge is 2.14. The van der Waals surface area contributed by atoms with Gasteiger partial charge in [-0.05, 0) is 42.9 Å². The number of fused-ring (bicyclic) bond motifs is 1. The first kappa shape index (κ1) is 12.5. The number of nitrogens with zero attached hydrogens (tertiary/aromatic N) is 2. The molecule has 0 amide bonds. The first-order chi connectivity index (χ1) is 9.36. The summed E-state index contributed by atoms with van der Waals surface area (Å²) in [6.07, 6.45) is 4.72. The van der Waals surface area contributed by atoms with Crippen molar-refractivity contribution >= 4 is 11.6 Å². The lowest BCUT2D eigenvalue weighted by Gasteiger charge is -2.18. The minimum atomic E-state index is 0.230. The Bertz CT molecular complexity index is 568. The third-order valence-electron chi connectivity index (χ3n) is 3.33. The molecule has 0 fully saturated rings. The first-order valence-electron chi connectivity index (χ1n) is 6.47. The zero-order chi connectivity index (χ0) is 13.1. The highest BCUT2D eigenvalue weighted by molar-refractivity contribution is 6.16. The predicted molar refractivity (Wildman–Crippen MR) is 71.3 cm³/mol. The number of rotatable bonds is 4. The van der Waals surface area contributed by atoms with Gasteiger partial charge in [0.25, 0.3) is 5.89 Å². The third kappa shape index (κ3) is 2.73. The Morgan fingerprint density at radius 2 is 2.00 bits per heavy atom. The topological polar surface area (TPSA) is 48.2 Å². The molecular formula is C14H15ClN2O2. The van der Waals surface area contributed by atoms with E-state index in [9.17, 15) is 0 Å². The number of aryl methyl sites for hydroxylation is 1. The monoisotopic (exact) mass is 278 g/mol. The summed E-state index contributed by atoms with van der Waals surface area (Å²) in [6.45, 7) is 0.292. The van der Waals surface area contributed by atoms with E-state index in [1.165, 1.54) is 24.0 Å². The van der Waals surface area contributed by atoms with E-state index in [1.54, 1.807) is 0 Å². The Morgan fingerprint density at radius 3 is 2.84 bits per heavy atom. The average molecular weight is 279 g/mol. The van der Waals surface area contributed by atoms with Gasteiger partial charge in [-0.3, -0.25) is 0 Å². The number of hydrogen-bond acceptors (Lipinski definition) is 4. The molecule has 1 heterocycles. The molecule has 2 aromatic rings. The van der Waals surface area contributed by atoms with Crippen molar-refractivity contribution in [3.63, 3.8) is 0 Å². The molecule has 0 saturated carbocycles. The molecule has 5 heteroatoms. The number of ether oxygens (including phenoxy) is 1. The quantitative estimate of drug-likeness (QED) is 0.806. The lowest BCUT2D eigenvalue weighted by Crippen LogP contribution is -2.06. The second-order valence-corrected chi connectivity index (χ2v) is 4.88. The minimum absolute atomic E-state index is 0.230. The van der Waals surface area contributed by atoms with E-state index in [0.717, 1.165) is 18.6 Å². The molecule has 1 aliphatic rings. The molecule has 1 aromatic carbocycles. The summed E-state index contributed by atoms with van der Waals surface area (Å²) in [5, 5.41) is 7.69. The molecule has 0 spiro atoms. The van der Waals surface area contributed by atoms with Crippen molar-refractivity contribution < 1.29 is 9.15 Å². The molecule has 100 valence electrons. The van der Waals surface area contributed by atoms with Crippen LogP contribution in [0.25, 0.3) is 0 Å². The van der Waals surface area contributed by atoms with Crippen LogP contribution in [0.5, 0.6) is 5.75 Å². The summed E-state index contributed by atoms with van der Waals surface area (Å²) >= 11 is 5.62. The Kier molecular flexibility index (Phi) is 3.69. The van der Waals surface area contributed by atoms with E-state index in [2.05, 4.69) is 16.3 Å². The van der Waals surface area contributed by atoms with Crippen molar-refractivity contribution in [2.45, 2.75) is 38.2 Å².